The third-order valence-electron chi connectivity index (χ3n) is 4.33. The van der Waals surface area contributed by atoms with Crippen molar-refractivity contribution in [3.05, 3.63) is 20.7 Å². The van der Waals surface area contributed by atoms with Crippen molar-refractivity contribution >= 4 is 17.2 Å². The van der Waals surface area contributed by atoms with Crippen LogP contribution in [0.2, 0.25) is 0 Å². The lowest BCUT2D eigenvalue weighted by Crippen LogP contribution is -2.32. The first kappa shape index (κ1) is 17.2. The Hall–Kier alpha value is -1.14. The predicted molar refractivity (Wildman–Crippen MR) is 88.3 cm³/mol. The van der Waals surface area contributed by atoms with E-state index in [-0.39, 0.29) is 10.8 Å². The number of carbonyl (C=O) groups excluding carboxylic acids is 1. The molecule has 0 spiro atoms. The van der Waals surface area contributed by atoms with Crippen LogP contribution in [-0.4, -0.2) is 29.7 Å². The summed E-state index contributed by atoms with van der Waals surface area (Å²) in [6, 6.07) is 0. The van der Waals surface area contributed by atoms with Crippen molar-refractivity contribution in [1.82, 2.24) is 9.88 Å². The second-order valence-electron chi connectivity index (χ2n) is 6.07. The Morgan fingerprint density at radius 2 is 2.23 bits per heavy atom. The van der Waals surface area contributed by atoms with Crippen molar-refractivity contribution in [3.63, 3.8) is 0 Å². The summed E-state index contributed by atoms with van der Waals surface area (Å²) in [5.41, 5.74) is 0.914. The molecule has 1 amide bonds. The maximum Gasteiger partial charge on any atom is 0.307 e. The van der Waals surface area contributed by atoms with Gasteiger partial charge in [-0.3, -0.25) is 9.59 Å². The van der Waals surface area contributed by atoms with Crippen LogP contribution in [0.15, 0.2) is 10.2 Å². The molecule has 2 atom stereocenters. The zero-order chi connectivity index (χ0) is 15.9. The molecule has 1 aliphatic carbocycles. The average molecular weight is 326 g/mol. The van der Waals surface area contributed by atoms with E-state index in [1.54, 1.807) is 4.57 Å². The molecule has 124 valence electrons. The van der Waals surface area contributed by atoms with Crippen molar-refractivity contribution in [1.29, 1.82) is 0 Å². The molecule has 0 radical (unpaired) electrons. The highest BCUT2D eigenvalue weighted by Gasteiger charge is 2.21. The number of ether oxygens (including phenoxy) is 1. The Morgan fingerprint density at radius 1 is 1.45 bits per heavy atom. The molecular weight excluding hydrogens is 300 g/mol. The molecule has 2 rings (SSSR count). The van der Waals surface area contributed by atoms with E-state index in [4.69, 9.17) is 4.74 Å². The molecule has 1 saturated carbocycles. The molecule has 1 fully saturated rings. The Kier molecular flexibility index (Phi) is 6.64. The van der Waals surface area contributed by atoms with E-state index in [2.05, 4.69) is 12.2 Å². The molecule has 1 aromatic heterocycles. The van der Waals surface area contributed by atoms with Crippen molar-refractivity contribution in [2.45, 2.75) is 58.6 Å². The molecule has 6 heteroatoms. The first-order valence-corrected chi connectivity index (χ1v) is 8.99. The third kappa shape index (κ3) is 4.95. The van der Waals surface area contributed by atoms with Crippen molar-refractivity contribution in [2.24, 2.45) is 5.92 Å². The summed E-state index contributed by atoms with van der Waals surface area (Å²) in [4.78, 5) is 23.3. The van der Waals surface area contributed by atoms with Crippen molar-refractivity contribution in [3.8, 4) is 0 Å². The normalized spacial score (nSPS) is 21.7. The molecule has 1 N–H and O–H groups in total. The highest BCUT2D eigenvalue weighted by Crippen LogP contribution is 2.25. The van der Waals surface area contributed by atoms with Gasteiger partial charge in [-0.2, -0.15) is 0 Å². The third-order valence-corrected chi connectivity index (χ3v) is 5.21. The Bertz CT molecular complexity index is 538. The molecule has 0 aromatic carbocycles. The van der Waals surface area contributed by atoms with Crippen molar-refractivity contribution < 1.29 is 9.53 Å². The topological polar surface area (TPSA) is 60.3 Å². The lowest BCUT2D eigenvalue weighted by Gasteiger charge is -2.28. The number of nitrogens with one attached hydrogen (secondary N) is 1. The second-order valence-corrected chi connectivity index (χ2v) is 6.89. The smallest absolute Gasteiger partial charge is 0.307 e. The number of hydrogen-bond donors (Lipinski definition) is 1. The number of aromatic nitrogens is 1. The van der Waals surface area contributed by atoms with Gasteiger partial charge in [-0.15, -0.1) is 0 Å². The predicted octanol–water partition coefficient (Wildman–Crippen LogP) is 2.32. The van der Waals surface area contributed by atoms with Gasteiger partial charge in [0.2, 0.25) is 5.91 Å². The standard InChI is InChI=1S/C16H26N2O3S/c1-12-5-3-4-6-14(12)21-10-8-17-15(19)7-9-18-13(2)11-22-16(18)20/h11-12,14H,3-10H2,1-2H3,(H,17,19). The van der Waals surface area contributed by atoms with E-state index in [1.807, 2.05) is 12.3 Å². The molecule has 1 heterocycles. The van der Waals surface area contributed by atoms with Gasteiger partial charge in [-0.1, -0.05) is 31.1 Å². The van der Waals surface area contributed by atoms with E-state index in [9.17, 15) is 9.59 Å². The first-order chi connectivity index (χ1) is 10.6. The fourth-order valence-corrected chi connectivity index (χ4v) is 3.67. The maximum absolute atomic E-state index is 11.8. The summed E-state index contributed by atoms with van der Waals surface area (Å²) in [6.45, 7) is 5.68. The fourth-order valence-electron chi connectivity index (χ4n) is 2.91. The SMILES string of the molecule is Cc1csc(=O)n1CCC(=O)NCCOC1CCCCC1C. The zero-order valence-corrected chi connectivity index (χ0v) is 14.3. The number of nitrogens with zero attached hydrogens (tertiary/aromatic N) is 1. The summed E-state index contributed by atoms with van der Waals surface area (Å²) in [5, 5.41) is 4.68. The maximum atomic E-state index is 11.8. The Balaban J connectivity index is 1.61. The summed E-state index contributed by atoms with van der Waals surface area (Å²) >= 11 is 1.18. The number of amides is 1. The zero-order valence-electron chi connectivity index (χ0n) is 13.5. The van der Waals surface area contributed by atoms with Gasteiger partial charge in [0.25, 0.3) is 0 Å². The minimum absolute atomic E-state index is 0.0000746. The lowest BCUT2D eigenvalue weighted by atomic mass is 9.88. The Labute approximate surface area is 135 Å². The van der Waals surface area contributed by atoms with Gasteiger partial charge in [-0.05, 0) is 25.7 Å². The van der Waals surface area contributed by atoms with Gasteiger partial charge in [0.05, 0.1) is 12.7 Å². The monoisotopic (exact) mass is 326 g/mol. The number of rotatable bonds is 7. The van der Waals surface area contributed by atoms with Crippen LogP contribution in [0.3, 0.4) is 0 Å². The van der Waals surface area contributed by atoms with Crippen LogP contribution >= 0.6 is 11.3 Å². The summed E-state index contributed by atoms with van der Waals surface area (Å²) in [6.07, 6.45) is 5.60. The largest absolute Gasteiger partial charge is 0.376 e. The molecule has 1 aromatic rings. The summed E-state index contributed by atoms with van der Waals surface area (Å²) < 4.78 is 7.51. The van der Waals surface area contributed by atoms with Gasteiger partial charge in [0.15, 0.2) is 0 Å². The van der Waals surface area contributed by atoms with E-state index in [0.29, 0.717) is 38.1 Å². The molecule has 0 saturated heterocycles. The minimum Gasteiger partial charge on any atom is -0.376 e. The second kappa shape index (κ2) is 8.48. The highest BCUT2D eigenvalue weighted by atomic mass is 32.1. The van der Waals surface area contributed by atoms with Crippen LogP contribution < -0.4 is 10.2 Å². The highest BCUT2D eigenvalue weighted by molar-refractivity contribution is 7.07. The van der Waals surface area contributed by atoms with Gasteiger partial charge >= 0.3 is 4.87 Å². The van der Waals surface area contributed by atoms with Gasteiger partial charge in [0, 0.05) is 30.6 Å². The number of thiazole rings is 1. The molecule has 5 nitrogen and oxygen atoms in total. The van der Waals surface area contributed by atoms with Crippen LogP contribution in [0.25, 0.3) is 0 Å². The number of hydrogen-bond acceptors (Lipinski definition) is 4. The fraction of sp³-hybridized carbons (Fsp3) is 0.750. The lowest BCUT2D eigenvalue weighted by molar-refractivity contribution is -0.121. The van der Waals surface area contributed by atoms with Crippen LogP contribution in [0.4, 0.5) is 0 Å². The van der Waals surface area contributed by atoms with Crippen LogP contribution in [-0.2, 0) is 16.1 Å². The minimum atomic E-state index is -0.0298. The van der Waals surface area contributed by atoms with Crippen LogP contribution in [0, 0.1) is 12.8 Å². The number of aryl methyl sites for hydroxylation is 1. The van der Waals surface area contributed by atoms with E-state index < -0.39 is 0 Å². The molecular formula is C16H26N2O3S. The van der Waals surface area contributed by atoms with Crippen LogP contribution in [0.1, 0.15) is 44.7 Å². The van der Waals surface area contributed by atoms with Gasteiger partial charge in [-0.25, -0.2) is 0 Å². The van der Waals surface area contributed by atoms with E-state index in [1.165, 1.54) is 30.6 Å². The van der Waals surface area contributed by atoms with Gasteiger partial charge in [0.1, 0.15) is 0 Å². The first-order valence-electron chi connectivity index (χ1n) is 8.11. The van der Waals surface area contributed by atoms with E-state index >= 15 is 0 Å². The number of carbonyl (C=O) groups is 1. The Morgan fingerprint density at radius 3 is 2.91 bits per heavy atom. The van der Waals surface area contributed by atoms with Crippen LogP contribution in [0.5, 0.6) is 0 Å². The van der Waals surface area contributed by atoms with Gasteiger partial charge < -0.3 is 14.6 Å². The molecule has 0 bridgehead atoms. The van der Waals surface area contributed by atoms with E-state index in [0.717, 1.165) is 12.1 Å². The molecule has 0 aliphatic heterocycles. The molecule has 2 unspecified atom stereocenters. The quantitative estimate of drug-likeness (QED) is 0.782. The summed E-state index contributed by atoms with van der Waals surface area (Å²) in [7, 11) is 0. The average Bonchev–Trinajstić information content (AvgIpc) is 2.82. The summed E-state index contributed by atoms with van der Waals surface area (Å²) in [5.74, 6) is 0.593. The molecule has 22 heavy (non-hydrogen) atoms. The molecule has 1 aliphatic rings. The van der Waals surface area contributed by atoms with Crippen molar-refractivity contribution in [2.75, 3.05) is 13.2 Å².